The molecule has 0 unspecified atom stereocenters. The first-order valence-corrected chi connectivity index (χ1v) is 7.58. The van der Waals surface area contributed by atoms with Gasteiger partial charge in [0.2, 0.25) is 0 Å². The van der Waals surface area contributed by atoms with Crippen LogP contribution in [-0.2, 0) is 9.47 Å². The first-order chi connectivity index (χ1) is 8.66. The molecule has 2 aliphatic rings. The summed E-state index contributed by atoms with van der Waals surface area (Å²) >= 11 is 0. The van der Waals surface area contributed by atoms with Crippen LogP contribution in [0.1, 0.15) is 52.4 Å². The molecule has 0 aromatic heterocycles. The van der Waals surface area contributed by atoms with Crippen molar-refractivity contribution in [1.82, 2.24) is 5.32 Å². The van der Waals surface area contributed by atoms with E-state index in [4.69, 9.17) is 9.47 Å². The minimum absolute atomic E-state index is 0.509. The standard InChI is InChI=1S/C15H29NO2/c1-15(2)7-3-14(4-8-15)18-12-9-16-13-5-10-17-11-6-13/h13-14,16H,3-12H2,1-2H3. The summed E-state index contributed by atoms with van der Waals surface area (Å²) < 4.78 is 11.3. The number of hydrogen-bond donors (Lipinski definition) is 1. The summed E-state index contributed by atoms with van der Waals surface area (Å²) in [5.41, 5.74) is 0.542. The van der Waals surface area contributed by atoms with Gasteiger partial charge in [0.05, 0.1) is 12.7 Å². The van der Waals surface area contributed by atoms with Crippen molar-refractivity contribution in [2.24, 2.45) is 5.41 Å². The highest BCUT2D eigenvalue weighted by Gasteiger charge is 2.27. The number of hydrogen-bond acceptors (Lipinski definition) is 3. The maximum absolute atomic E-state index is 5.97. The summed E-state index contributed by atoms with van der Waals surface area (Å²) in [4.78, 5) is 0. The molecular formula is C15H29NO2. The summed E-state index contributed by atoms with van der Waals surface area (Å²) in [5.74, 6) is 0. The molecule has 0 spiro atoms. The highest BCUT2D eigenvalue weighted by atomic mass is 16.5. The molecule has 18 heavy (non-hydrogen) atoms. The maximum Gasteiger partial charge on any atom is 0.0594 e. The lowest BCUT2D eigenvalue weighted by molar-refractivity contribution is 0.00342. The van der Waals surface area contributed by atoms with Crippen LogP contribution in [0.3, 0.4) is 0 Å². The van der Waals surface area contributed by atoms with Crippen LogP contribution < -0.4 is 5.32 Å². The fourth-order valence-electron chi connectivity index (χ4n) is 2.93. The van der Waals surface area contributed by atoms with E-state index in [2.05, 4.69) is 19.2 Å². The third kappa shape index (κ3) is 4.87. The molecule has 0 amide bonds. The van der Waals surface area contributed by atoms with Crippen molar-refractivity contribution in [3.63, 3.8) is 0 Å². The molecule has 3 heteroatoms. The van der Waals surface area contributed by atoms with E-state index in [-0.39, 0.29) is 0 Å². The molecule has 2 fully saturated rings. The van der Waals surface area contributed by atoms with Gasteiger partial charge < -0.3 is 14.8 Å². The van der Waals surface area contributed by atoms with Crippen LogP contribution in [0.5, 0.6) is 0 Å². The molecule has 0 bridgehead atoms. The van der Waals surface area contributed by atoms with Gasteiger partial charge in [-0.25, -0.2) is 0 Å². The third-order valence-electron chi connectivity index (χ3n) is 4.40. The average molecular weight is 255 g/mol. The highest BCUT2D eigenvalue weighted by molar-refractivity contribution is 4.79. The predicted octanol–water partition coefficient (Wildman–Crippen LogP) is 2.74. The SMILES string of the molecule is CC1(C)CCC(OCCNC2CCOCC2)CC1. The summed E-state index contributed by atoms with van der Waals surface area (Å²) in [6.45, 7) is 8.42. The Labute approximate surface area is 112 Å². The van der Waals surface area contributed by atoms with Gasteiger partial charge in [-0.2, -0.15) is 0 Å². The zero-order valence-corrected chi connectivity index (χ0v) is 12.0. The van der Waals surface area contributed by atoms with Gasteiger partial charge in [0.15, 0.2) is 0 Å². The number of nitrogens with one attached hydrogen (secondary N) is 1. The normalized spacial score (nSPS) is 26.3. The Kier molecular flexibility index (Phi) is 5.46. The molecule has 0 aromatic rings. The van der Waals surface area contributed by atoms with Crippen LogP contribution in [0.2, 0.25) is 0 Å². The van der Waals surface area contributed by atoms with Crippen molar-refractivity contribution in [2.75, 3.05) is 26.4 Å². The van der Waals surface area contributed by atoms with Crippen LogP contribution in [0.4, 0.5) is 0 Å². The van der Waals surface area contributed by atoms with Gasteiger partial charge in [-0.3, -0.25) is 0 Å². The Hall–Kier alpha value is -0.120. The molecule has 1 N–H and O–H groups in total. The average Bonchev–Trinajstić information content (AvgIpc) is 2.37. The predicted molar refractivity (Wildman–Crippen MR) is 73.8 cm³/mol. The van der Waals surface area contributed by atoms with E-state index >= 15 is 0 Å². The fourth-order valence-corrected chi connectivity index (χ4v) is 2.93. The minimum atomic E-state index is 0.509. The van der Waals surface area contributed by atoms with Gasteiger partial charge in [0.1, 0.15) is 0 Å². The van der Waals surface area contributed by atoms with Crippen molar-refractivity contribution in [1.29, 1.82) is 0 Å². The van der Waals surface area contributed by atoms with Gasteiger partial charge >= 0.3 is 0 Å². The fraction of sp³-hybridized carbons (Fsp3) is 1.00. The number of rotatable bonds is 5. The largest absolute Gasteiger partial charge is 0.381 e. The summed E-state index contributed by atoms with van der Waals surface area (Å²) in [6.07, 6.45) is 7.91. The second-order valence-electron chi connectivity index (χ2n) is 6.58. The lowest BCUT2D eigenvalue weighted by Gasteiger charge is -2.34. The van der Waals surface area contributed by atoms with E-state index in [1.807, 2.05) is 0 Å². The maximum atomic E-state index is 5.97. The van der Waals surface area contributed by atoms with Gasteiger partial charge in [-0.1, -0.05) is 13.8 Å². The molecule has 106 valence electrons. The Morgan fingerprint density at radius 1 is 1.11 bits per heavy atom. The molecule has 1 saturated carbocycles. The summed E-state index contributed by atoms with van der Waals surface area (Å²) in [7, 11) is 0. The van der Waals surface area contributed by atoms with Crippen LogP contribution in [0.15, 0.2) is 0 Å². The van der Waals surface area contributed by atoms with E-state index in [1.165, 1.54) is 25.7 Å². The van der Waals surface area contributed by atoms with E-state index in [1.54, 1.807) is 0 Å². The molecule has 2 rings (SSSR count). The molecular weight excluding hydrogens is 226 g/mol. The molecule has 0 radical (unpaired) electrons. The molecule has 1 saturated heterocycles. The number of ether oxygens (including phenoxy) is 2. The van der Waals surface area contributed by atoms with Gasteiger partial charge in [0, 0.05) is 25.8 Å². The van der Waals surface area contributed by atoms with Gasteiger partial charge in [-0.15, -0.1) is 0 Å². The van der Waals surface area contributed by atoms with E-state index in [9.17, 15) is 0 Å². The molecule has 1 heterocycles. The van der Waals surface area contributed by atoms with Crippen LogP contribution in [0, 0.1) is 5.41 Å². The van der Waals surface area contributed by atoms with Crippen molar-refractivity contribution in [2.45, 2.75) is 64.5 Å². The van der Waals surface area contributed by atoms with Crippen molar-refractivity contribution in [3.05, 3.63) is 0 Å². The van der Waals surface area contributed by atoms with E-state index in [0.717, 1.165) is 39.2 Å². The Morgan fingerprint density at radius 3 is 2.44 bits per heavy atom. The smallest absolute Gasteiger partial charge is 0.0594 e. The molecule has 3 nitrogen and oxygen atoms in total. The van der Waals surface area contributed by atoms with Crippen molar-refractivity contribution >= 4 is 0 Å². The Morgan fingerprint density at radius 2 is 1.78 bits per heavy atom. The van der Waals surface area contributed by atoms with Crippen molar-refractivity contribution < 1.29 is 9.47 Å². The summed E-state index contributed by atoms with van der Waals surface area (Å²) in [5, 5.41) is 3.57. The van der Waals surface area contributed by atoms with Crippen LogP contribution in [-0.4, -0.2) is 38.5 Å². The molecule has 0 aromatic carbocycles. The van der Waals surface area contributed by atoms with Gasteiger partial charge in [0.25, 0.3) is 0 Å². The zero-order valence-electron chi connectivity index (χ0n) is 12.0. The zero-order chi connectivity index (χ0) is 12.8. The topological polar surface area (TPSA) is 30.5 Å². The van der Waals surface area contributed by atoms with Gasteiger partial charge in [-0.05, 0) is 43.9 Å². The molecule has 1 aliphatic carbocycles. The van der Waals surface area contributed by atoms with E-state index < -0.39 is 0 Å². The minimum Gasteiger partial charge on any atom is -0.381 e. The highest BCUT2D eigenvalue weighted by Crippen LogP contribution is 2.35. The lowest BCUT2D eigenvalue weighted by Crippen LogP contribution is -2.37. The van der Waals surface area contributed by atoms with E-state index in [0.29, 0.717) is 17.6 Å². The second-order valence-corrected chi connectivity index (χ2v) is 6.58. The van der Waals surface area contributed by atoms with Crippen molar-refractivity contribution in [3.8, 4) is 0 Å². The second kappa shape index (κ2) is 6.88. The third-order valence-corrected chi connectivity index (χ3v) is 4.40. The summed E-state index contributed by atoms with van der Waals surface area (Å²) in [6, 6.07) is 0.646. The monoisotopic (exact) mass is 255 g/mol. The molecule has 1 aliphatic heterocycles. The molecule has 0 atom stereocenters. The first-order valence-electron chi connectivity index (χ1n) is 7.58. The Balaban J connectivity index is 1.50. The quantitative estimate of drug-likeness (QED) is 0.766. The van der Waals surface area contributed by atoms with Crippen LogP contribution in [0.25, 0.3) is 0 Å². The Bertz CT molecular complexity index is 227. The van der Waals surface area contributed by atoms with Crippen LogP contribution >= 0.6 is 0 Å². The lowest BCUT2D eigenvalue weighted by atomic mass is 9.76. The first kappa shape index (κ1) is 14.3.